The molecule has 0 aromatic heterocycles. The largest absolute Gasteiger partial charge is 0.493 e. The molecule has 2 unspecified atom stereocenters. The molecule has 7 nitrogen and oxygen atoms in total. The van der Waals surface area contributed by atoms with Crippen molar-refractivity contribution in [2.75, 3.05) is 41.0 Å². The number of carbonyl (C=O) groups excluding carboxylic acids is 1. The van der Waals surface area contributed by atoms with Gasteiger partial charge in [0.2, 0.25) is 0 Å². The molecule has 1 aliphatic rings. The molecule has 144 valence electrons. The molecule has 0 bridgehead atoms. The van der Waals surface area contributed by atoms with Crippen LogP contribution in [0.25, 0.3) is 0 Å². The van der Waals surface area contributed by atoms with Gasteiger partial charge in [-0.05, 0) is 30.5 Å². The van der Waals surface area contributed by atoms with E-state index in [4.69, 9.17) is 19.2 Å². The van der Waals surface area contributed by atoms with Gasteiger partial charge in [0.25, 0.3) is 0 Å². The third-order valence-corrected chi connectivity index (χ3v) is 4.61. The molecule has 1 aliphatic heterocycles. The van der Waals surface area contributed by atoms with Crippen LogP contribution >= 0.6 is 0 Å². The summed E-state index contributed by atoms with van der Waals surface area (Å²) in [6.07, 6.45) is 0. The van der Waals surface area contributed by atoms with Gasteiger partial charge in [0, 0.05) is 19.6 Å². The number of carbonyl (C=O) groups is 1. The van der Waals surface area contributed by atoms with E-state index < -0.39 is 0 Å². The van der Waals surface area contributed by atoms with Crippen LogP contribution in [0.2, 0.25) is 0 Å². The quantitative estimate of drug-likeness (QED) is 0.473. The van der Waals surface area contributed by atoms with Crippen LogP contribution in [0.15, 0.2) is 23.2 Å². The third kappa shape index (κ3) is 4.59. The number of likely N-dealkylation sites (tertiary alicyclic amines) is 1. The van der Waals surface area contributed by atoms with E-state index in [2.05, 4.69) is 17.1 Å². The van der Waals surface area contributed by atoms with Gasteiger partial charge in [-0.3, -0.25) is 4.79 Å². The molecule has 1 aromatic carbocycles. The second-order valence-corrected chi connectivity index (χ2v) is 6.37. The van der Waals surface area contributed by atoms with Crippen LogP contribution < -0.4 is 14.8 Å². The first-order valence-corrected chi connectivity index (χ1v) is 8.86. The van der Waals surface area contributed by atoms with Gasteiger partial charge in [0.05, 0.1) is 33.8 Å². The molecule has 0 amide bonds. The van der Waals surface area contributed by atoms with Gasteiger partial charge in [0.1, 0.15) is 0 Å². The highest BCUT2D eigenvalue weighted by molar-refractivity contribution is 5.82. The first-order chi connectivity index (χ1) is 12.5. The van der Waals surface area contributed by atoms with E-state index >= 15 is 0 Å². The summed E-state index contributed by atoms with van der Waals surface area (Å²) in [5, 5.41) is 3.31. The minimum atomic E-state index is -0.157. The minimum Gasteiger partial charge on any atom is -0.493 e. The van der Waals surface area contributed by atoms with Crippen molar-refractivity contribution in [2.24, 2.45) is 16.8 Å². The Kier molecular flexibility index (Phi) is 7.12. The van der Waals surface area contributed by atoms with Gasteiger partial charge >= 0.3 is 5.97 Å². The zero-order valence-electron chi connectivity index (χ0n) is 16.2. The van der Waals surface area contributed by atoms with Crippen LogP contribution in [0, 0.1) is 11.8 Å². The van der Waals surface area contributed by atoms with E-state index in [1.807, 2.05) is 25.1 Å². The van der Waals surface area contributed by atoms with Crippen molar-refractivity contribution < 1.29 is 19.0 Å². The topological polar surface area (TPSA) is 72.4 Å². The number of nitrogens with zero attached hydrogens (tertiary/aromatic N) is 2. The number of hydrogen-bond donors (Lipinski definition) is 1. The summed E-state index contributed by atoms with van der Waals surface area (Å²) in [6.45, 7) is 6.76. The number of hydrogen-bond acceptors (Lipinski definition) is 5. The van der Waals surface area contributed by atoms with E-state index in [0.717, 1.165) is 24.6 Å². The molecule has 1 N–H and O–H groups in total. The predicted octanol–water partition coefficient (Wildman–Crippen LogP) is 1.91. The lowest BCUT2D eigenvalue weighted by molar-refractivity contribution is -0.145. The highest BCUT2D eigenvalue weighted by atomic mass is 16.5. The number of esters is 1. The molecule has 0 saturated carbocycles. The average Bonchev–Trinajstić information content (AvgIpc) is 3.05. The number of nitrogens with one attached hydrogen (secondary N) is 1. The molecule has 7 heteroatoms. The maximum absolute atomic E-state index is 11.9. The Labute approximate surface area is 155 Å². The van der Waals surface area contributed by atoms with Crippen LogP contribution in [0.5, 0.6) is 11.5 Å². The molecule has 1 saturated heterocycles. The Morgan fingerprint density at radius 3 is 2.58 bits per heavy atom. The first kappa shape index (κ1) is 19.9. The molecule has 2 atom stereocenters. The van der Waals surface area contributed by atoms with Gasteiger partial charge in [-0.25, -0.2) is 4.99 Å². The van der Waals surface area contributed by atoms with Gasteiger partial charge in [-0.2, -0.15) is 0 Å². The summed E-state index contributed by atoms with van der Waals surface area (Å²) in [7, 11) is 4.67. The molecule has 1 heterocycles. The smallest absolute Gasteiger partial charge is 0.310 e. The van der Waals surface area contributed by atoms with Crippen molar-refractivity contribution in [3.8, 4) is 11.5 Å². The minimum absolute atomic E-state index is 0.120. The molecular weight excluding hydrogens is 334 g/mol. The number of guanidine groups is 1. The van der Waals surface area contributed by atoms with Crippen LogP contribution in [0.4, 0.5) is 0 Å². The standard InChI is InChI=1S/C19H29N3O4/c1-6-20-19(22-11-13(2)15(12-22)18(23)26-5)21-10-14-7-8-16(24-3)17(9-14)25-4/h7-9,13,15H,6,10-12H2,1-5H3,(H,20,21). The second-order valence-electron chi connectivity index (χ2n) is 6.37. The Balaban J connectivity index is 2.13. The van der Waals surface area contributed by atoms with Crippen molar-refractivity contribution >= 4 is 11.9 Å². The lowest BCUT2D eigenvalue weighted by Crippen LogP contribution is -2.40. The summed E-state index contributed by atoms with van der Waals surface area (Å²) in [5.41, 5.74) is 1.02. The van der Waals surface area contributed by atoms with Crippen LogP contribution in [0.3, 0.4) is 0 Å². The lowest BCUT2D eigenvalue weighted by atomic mass is 9.99. The molecule has 1 fully saturated rings. The highest BCUT2D eigenvalue weighted by Gasteiger charge is 2.36. The van der Waals surface area contributed by atoms with E-state index in [1.54, 1.807) is 14.2 Å². The Bertz CT molecular complexity index is 648. The first-order valence-electron chi connectivity index (χ1n) is 8.86. The van der Waals surface area contributed by atoms with Gasteiger partial charge in [0.15, 0.2) is 17.5 Å². The van der Waals surface area contributed by atoms with E-state index in [-0.39, 0.29) is 17.8 Å². The predicted molar refractivity (Wildman–Crippen MR) is 101 cm³/mol. The fraction of sp³-hybridized carbons (Fsp3) is 0.579. The Morgan fingerprint density at radius 1 is 1.23 bits per heavy atom. The van der Waals surface area contributed by atoms with Crippen molar-refractivity contribution in [3.63, 3.8) is 0 Å². The third-order valence-electron chi connectivity index (χ3n) is 4.61. The van der Waals surface area contributed by atoms with Gasteiger partial charge in [-0.1, -0.05) is 13.0 Å². The van der Waals surface area contributed by atoms with Gasteiger partial charge in [-0.15, -0.1) is 0 Å². The number of aliphatic imine (C=N–C) groups is 1. The summed E-state index contributed by atoms with van der Waals surface area (Å²) in [5.74, 6) is 2.14. The van der Waals surface area contributed by atoms with Gasteiger partial charge < -0.3 is 24.4 Å². The summed E-state index contributed by atoms with van der Waals surface area (Å²) < 4.78 is 15.5. The number of benzene rings is 1. The monoisotopic (exact) mass is 363 g/mol. The zero-order chi connectivity index (χ0) is 19.1. The van der Waals surface area contributed by atoms with Crippen molar-refractivity contribution in [1.82, 2.24) is 10.2 Å². The summed E-state index contributed by atoms with van der Waals surface area (Å²) in [4.78, 5) is 18.8. The molecule has 26 heavy (non-hydrogen) atoms. The summed E-state index contributed by atoms with van der Waals surface area (Å²) in [6, 6.07) is 5.77. The zero-order valence-corrected chi connectivity index (χ0v) is 16.2. The Hall–Kier alpha value is -2.44. The average molecular weight is 363 g/mol. The van der Waals surface area contributed by atoms with Crippen LogP contribution in [-0.2, 0) is 16.1 Å². The van der Waals surface area contributed by atoms with Crippen molar-refractivity contribution in [3.05, 3.63) is 23.8 Å². The molecular formula is C19H29N3O4. The number of methoxy groups -OCH3 is 3. The highest BCUT2D eigenvalue weighted by Crippen LogP contribution is 2.28. The fourth-order valence-electron chi connectivity index (χ4n) is 3.17. The SMILES string of the molecule is CCNC(=NCc1ccc(OC)c(OC)c1)N1CC(C)C(C(=O)OC)C1. The molecule has 2 rings (SSSR count). The molecule has 0 aliphatic carbocycles. The van der Waals surface area contributed by atoms with E-state index in [9.17, 15) is 4.79 Å². The normalized spacial score (nSPS) is 20.0. The molecule has 0 spiro atoms. The molecule has 0 radical (unpaired) electrons. The lowest BCUT2D eigenvalue weighted by Gasteiger charge is -2.21. The number of ether oxygens (including phenoxy) is 3. The Morgan fingerprint density at radius 2 is 1.96 bits per heavy atom. The van der Waals surface area contributed by atoms with Crippen LogP contribution in [-0.4, -0.2) is 57.8 Å². The van der Waals surface area contributed by atoms with Crippen molar-refractivity contribution in [2.45, 2.75) is 20.4 Å². The summed E-state index contributed by atoms with van der Waals surface area (Å²) >= 11 is 0. The van der Waals surface area contributed by atoms with Crippen molar-refractivity contribution in [1.29, 1.82) is 0 Å². The maximum atomic E-state index is 11.9. The molecule has 1 aromatic rings. The second kappa shape index (κ2) is 9.31. The van der Waals surface area contributed by atoms with Crippen LogP contribution in [0.1, 0.15) is 19.4 Å². The van der Waals surface area contributed by atoms with E-state index in [0.29, 0.717) is 24.6 Å². The number of rotatable bonds is 6. The maximum Gasteiger partial charge on any atom is 0.310 e. The fourth-order valence-corrected chi connectivity index (χ4v) is 3.17. The van der Waals surface area contributed by atoms with E-state index in [1.165, 1.54) is 7.11 Å².